The number of pyridine rings is 1. The van der Waals surface area contributed by atoms with Crippen LogP contribution in [0.4, 0.5) is 5.69 Å². The number of hydrogen-bond acceptors (Lipinski definition) is 4. The van der Waals surface area contributed by atoms with Crippen LogP contribution >= 0.6 is 15.9 Å². The van der Waals surface area contributed by atoms with Gasteiger partial charge in [0.05, 0.1) is 12.3 Å². The molecule has 0 radical (unpaired) electrons. The smallest absolute Gasteiger partial charge is 0.194 e. The Morgan fingerprint density at radius 3 is 2.65 bits per heavy atom. The third-order valence-corrected chi connectivity index (χ3v) is 3.30. The van der Waals surface area contributed by atoms with Crippen LogP contribution in [-0.2, 0) is 0 Å². The normalized spacial score (nSPS) is 10.6. The zero-order valence-electron chi connectivity index (χ0n) is 11.3. The van der Waals surface area contributed by atoms with Gasteiger partial charge in [0.15, 0.2) is 5.78 Å². The van der Waals surface area contributed by atoms with E-state index in [9.17, 15) is 4.79 Å². The fourth-order valence-electron chi connectivity index (χ4n) is 1.71. The largest absolute Gasteiger partial charge is 0.489 e. The minimum atomic E-state index is -0.118. The number of carbonyl (C=O) groups is 1. The molecule has 0 fully saturated rings. The third kappa shape index (κ3) is 3.36. The second-order valence-electron chi connectivity index (χ2n) is 4.64. The van der Waals surface area contributed by atoms with Crippen LogP contribution in [0, 0.1) is 0 Å². The summed E-state index contributed by atoms with van der Waals surface area (Å²) in [6.07, 6.45) is 3.16. The maximum Gasteiger partial charge on any atom is 0.194 e. The topological polar surface area (TPSA) is 65.2 Å². The number of nitrogens with two attached hydrogens (primary N) is 1. The van der Waals surface area contributed by atoms with Gasteiger partial charge in [-0.3, -0.25) is 9.78 Å². The highest BCUT2D eigenvalue weighted by molar-refractivity contribution is 9.10. The van der Waals surface area contributed by atoms with Gasteiger partial charge >= 0.3 is 0 Å². The summed E-state index contributed by atoms with van der Waals surface area (Å²) in [5, 5.41) is 0. The van der Waals surface area contributed by atoms with E-state index >= 15 is 0 Å². The molecule has 0 unspecified atom stereocenters. The molecule has 0 saturated heterocycles. The number of nitrogens with zero attached hydrogens (tertiary/aromatic N) is 1. The quantitative estimate of drug-likeness (QED) is 0.687. The van der Waals surface area contributed by atoms with Crippen molar-refractivity contribution in [3.05, 3.63) is 52.3 Å². The number of hydrogen-bond donors (Lipinski definition) is 1. The summed E-state index contributed by atoms with van der Waals surface area (Å²) in [6.45, 7) is 3.84. The highest BCUT2D eigenvalue weighted by atomic mass is 79.9. The predicted octanol–water partition coefficient (Wildman–Crippen LogP) is 3.44. The molecule has 4 nitrogen and oxygen atoms in total. The van der Waals surface area contributed by atoms with E-state index in [4.69, 9.17) is 10.5 Å². The van der Waals surface area contributed by atoms with Gasteiger partial charge in [0, 0.05) is 27.5 Å². The Kier molecular flexibility index (Phi) is 4.39. The van der Waals surface area contributed by atoms with Crippen molar-refractivity contribution < 1.29 is 9.53 Å². The van der Waals surface area contributed by atoms with Crippen molar-refractivity contribution in [1.82, 2.24) is 4.98 Å². The number of ketones is 1. The van der Waals surface area contributed by atoms with Crippen LogP contribution in [-0.4, -0.2) is 16.9 Å². The van der Waals surface area contributed by atoms with Gasteiger partial charge in [0.25, 0.3) is 0 Å². The van der Waals surface area contributed by atoms with E-state index in [1.807, 2.05) is 13.8 Å². The lowest BCUT2D eigenvalue weighted by molar-refractivity contribution is 0.103. The third-order valence-electron chi connectivity index (χ3n) is 2.61. The van der Waals surface area contributed by atoms with Gasteiger partial charge in [-0.2, -0.15) is 0 Å². The number of rotatable bonds is 4. The van der Waals surface area contributed by atoms with E-state index in [1.165, 1.54) is 6.20 Å². The van der Waals surface area contributed by atoms with Gasteiger partial charge in [-0.05, 0) is 54.0 Å². The lowest BCUT2D eigenvalue weighted by Gasteiger charge is -2.10. The summed E-state index contributed by atoms with van der Waals surface area (Å²) in [5.41, 5.74) is 7.35. The molecule has 20 heavy (non-hydrogen) atoms. The standard InChI is InChI=1S/C15H15BrN2O2/c1-9(2)20-12-5-11(7-18-8-12)15(19)10-3-4-14(17)13(16)6-10/h3-9H,17H2,1-2H3. The number of halogens is 1. The molecule has 0 spiro atoms. The van der Waals surface area contributed by atoms with E-state index in [1.54, 1.807) is 30.5 Å². The van der Waals surface area contributed by atoms with Crippen molar-refractivity contribution in [2.45, 2.75) is 20.0 Å². The molecule has 0 amide bonds. The van der Waals surface area contributed by atoms with Crippen molar-refractivity contribution in [3.63, 3.8) is 0 Å². The Bertz CT molecular complexity index is 642. The maximum absolute atomic E-state index is 12.4. The summed E-state index contributed by atoms with van der Waals surface area (Å²) < 4.78 is 6.24. The molecular formula is C15H15BrN2O2. The van der Waals surface area contributed by atoms with Gasteiger partial charge in [0.1, 0.15) is 5.75 Å². The average Bonchev–Trinajstić information content (AvgIpc) is 2.40. The number of benzene rings is 1. The number of anilines is 1. The van der Waals surface area contributed by atoms with Crippen molar-refractivity contribution >= 4 is 27.4 Å². The first kappa shape index (κ1) is 14.5. The highest BCUT2D eigenvalue weighted by Gasteiger charge is 2.12. The number of aromatic nitrogens is 1. The predicted molar refractivity (Wildman–Crippen MR) is 82.0 cm³/mol. The Labute approximate surface area is 126 Å². The molecule has 2 N–H and O–H groups in total. The lowest BCUT2D eigenvalue weighted by Crippen LogP contribution is -2.08. The molecule has 2 rings (SSSR count). The van der Waals surface area contributed by atoms with Crippen LogP contribution in [0.3, 0.4) is 0 Å². The average molecular weight is 335 g/mol. The SMILES string of the molecule is CC(C)Oc1cncc(C(=O)c2ccc(N)c(Br)c2)c1. The Morgan fingerprint density at radius 2 is 2.00 bits per heavy atom. The number of ether oxygens (including phenoxy) is 1. The minimum Gasteiger partial charge on any atom is -0.489 e. The summed E-state index contributed by atoms with van der Waals surface area (Å²) in [6, 6.07) is 6.78. The summed E-state index contributed by atoms with van der Waals surface area (Å²) in [4.78, 5) is 16.4. The fourth-order valence-corrected chi connectivity index (χ4v) is 2.09. The number of nitrogen functional groups attached to an aromatic ring is 1. The summed E-state index contributed by atoms with van der Waals surface area (Å²) >= 11 is 3.32. The van der Waals surface area contributed by atoms with Gasteiger partial charge in [-0.25, -0.2) is 0 Å². The van der Waals surface area contributed by atoms with Crippen molar-refractivity contribution in [3.8, 4) is 5.75 Å². The zero-order valence-corrected chi connectivity index (χ0v) is 12.8. The van der Waals surface area contributed by atoms with Crippen molar-refractivity contribution in [1.29, 1.82) is 0 Å². The second-order valence-corrected chi connectivity index (χ2v) is 5.50. The molecule has 104 valence electrons. The molecule has 0 bridgehead atoms. The van der Waals surface area contributed by atoms with Crippen LogP contribution < -0.4 is 10.5 Å². The summed E-state index contributed by atoms with van der Waals surface area (Å²) in [7, 11) is 0. The molecule has 0 saturated carbocycles. The fraction of sp³-hybridized carbons (Fsp3) is 0.200. The van der Waals surface area contributed by atoms with Gasteiger partial charge in [0.2, 0.25) is 0 Å². The van der Waals surface area contributed by atoms with Gasteiger partial charge < -0.3 is 10.5 Å². The Hall–Kier alpha value is -1.88. The van der Waals surface area contributed by atoms with Gasteiger partial charge in [-0.15, -0.1) is 0 Å². The van der Waals surface area contributed by atoms with E-state index in [0.717, 1.165) is 0 Å². The monoisotopic (exact) mass is 334 g/mol. The first-order chi connectivity index (χ1) is 9.47. The zero-order chi connectivity index (χ0) is 14.7. The van der Waals surface area contributed by atoms with Crippen molar-refractivity contribution in [2.24, 2.45) is 0 Å². The maximum atomic E-state index is 12.4. The highest BCUT2D eigenvalue weighted by Crippen LogP contribution is 2.23. The molecule has 1 aromatic heterocycles. The molecule has 0 aliphatic rings. The van der Waals surface area contributed by atoms with Gasteiger partial charge in [-0.1, -0.05) is 0 Å². The lowest BCUT2D eigenvalue weighted by atomic mass is 10.0. The minimum absolute atomic E-state index is 0.0350. The summed E-state index contributed by atoms with van der Waals surface area (Å²) in [5.74, 6) is 0.466. The molecular weight excluding hydrogens is 320 g/mol. The Balaban J connectivity index is 2.30. The molecule has 1 aromatic carbocycles. The van der Waals surface area contributed by atoms with Crippen LogP contribution in [0.2, 0.25) is 0 Å². The molecule has 2 aromatic rings. The van der Waals surface area contributed by atoms with Crippen molar-refractivity contribution in [2.75, 3.05) is 5.73 Å². The molecule has 0 aliphatic carbocycles. The van der Waals surface area contributed by atoms with E-state index in [0.29, 0.717) is 27.0 Å². The number of carbonyl (C=O) groups excluding carboxylic acids is 1. The molecule has 0 aliphatic heterocycles. The molecule has 0 atom stereocenters. The van der Waals surface area contributed by atoms with E-state index in [-0.39, 0.29) is 11.9 Å². The molecule has 5 heteroatoms. The van der Waals surface area contributed by atoms with Crippen LogP contribution in [0.5, 0.6) is 5.75 Å². The van der Waals surface area contributed by atoms with Crippen LogP contribution in [0.1, 0.15) is 29.8 Å². The second kappa shape index (κ2) is 6.05. The van der Waals surface area contributed by atoms with Crippen LogP contribution in [0.25, 0.3) is 0 Å². The Morgan fingerprint density at radius 1 is 1.25 bits per heavy atom. The van der Waals surface area contributed by atoms with E-state index < -0.39 is 0 Å². The van der Waals surface area contributed by atoms with E-state index in [2.05, 4.69) is 20.9 Å². The van der Waals surface area contributed by atoms with Crippen LogP contribution in [0.15, 0.2) is 41.1 Å². The first-order valence-corrected chi connectivity index (χ1v) is 6.98. The molecule has 1 heterocycles. The first-order valence-electron chi connectivity index (χ1n) is 6.19.